The molecular weight excluding hydrogens is 432 g/mol. The Balaban J connectivity index is 2.15. The number of nitrogens with one attached hydrogen (secondary N) is 1. The van der Waals surface area contributed by atoms with Crippen LogP contribution in [0, 0.1) is 0 Å². The lowest BCUT2D eigenvalue weighted by Crippen LogP contribution is -2.49. The van der Waals surface area contributed by atoms with Gasteiger partial charge in [0, 0.05) is 24.5 Å². The van der Waals surface area contributed by atoms with Gasteiger partial charge in [0.1, 0.15) is 6.04 Å². The van der Waals surface area contributed by atoms with Gasteiger partial charge in [0.15, 0.2) is 0 Å². The maximum atomic E-state index is 13.4. The molecule has 33 heavy (non-hydrogen) atoms. The molecule has 5 heteroatoms. The molecule has 0 aliphatic rings. The van der Waals surface area contributed by atoms with E-state index >= 15 is 0 Å². The average molecular weight is 471 g/mol. The molecule has 0 saturated carbocycles. The van der Waals surface area contributed by atoms with E-state index in [1.807, 2.05) is 31.2 Å². The minimum Gasteiger partial charge on any atom is -0.354 e. The summed E-state index contributed by atoms with van der Waals surface area (Å²) >= 11 is 6.03. The van der Waals surface area contributed by atoms with Crippen LogP contribution in [0.5, 0.6) is 0 Å². The molecule has 0 aliphatic heterocycles. The normalized spacial score (nSPS) is 12.3. The molecule has 0 saturated heterocycles. The summed E-state index contributed by atoms with van der Waals surface area (Å²) in [4.78, 5) is 28.0. The summed E-state index contributed by atoms with van der Waals surface area (Å²) < 4.78 is 0. The van der Waals surface area contributed by atoms with Crippen molar-refractivity contribution >= 4 is 23.4 Å². The zero-order valence-corrected chi connectivity index (χ0v) is 21.5. The van der Waals surface area contributed by atoms with E-state index in [1.165, 1.54) is 5.56 Å². The van der Waals surface area contributed by atoms with Crippen molar-refractivity contribution in [3.8, 4) is 0 Å². The molecule has 2 aromatic rings. The molecule has 0 radical (unpaired) electrons. The predicted molar refractivity (Wildman–Crippen MR) is 137 cm³/mol. The van der Waals surface area contributed by atoms with Gasteiger partial charge in [0.25, 0.3) is 0 Å². The second-order valence-electron chi connectivity index (χ2n) is 9.66. The first-order valence-electron chi connectivity index (χ1n) is 12.1. The highest BCUT2D eigenvalue weighted by molar-refractivity contribution is 6.30. The molecule has 2 rings (SSSR count). The van der Waals surface area contributed by atoms with Crippen LogP contribution in [0.1, 0.15) is 77.0 Å². The van der Waals surface area contributed by atoms with Gasteiger partial charge in [0.05, 0.1) is 0 Å². The zero-order chi connectivity index (χ0) is 24.4. The Labute approximate surface area is 204 Å². The molecule has 0 bridgehead atoms. The maximum absolute atomic E-state index is 13.4. The lowest BCUT2D eigenvalue weighted by atomic mass is 9.86. The zero-order valence-electron chi connectivity index (χ0n) is 20.8. The van der Waals surface area contributed by atoms with Crippen LogP contribution in [0.3, 0.4) is 0 Å². The molecule has 0 heterocycles. The van der Waals surface area contributed by atoms with E-state index in [-0.39, 0.29) is 17.2 Å². The quantitative estimate of drug-likeness (QED) is 0.392. The number of rotatable bonds is 11. The second-order valence-corrected chi connectivity index (χ2v) is 10.1. The van der Waals surface area contributed by atoms with Crippen molar-refractivity contribution in [2.75, 3.05) is 6.54 Å². The number of carbonyl (C=O) groups excluding carboxylic acids is 2. The van der Waals surface area contributed by atoms with Crippen LogP contribution in [-0.4, -0.2) is 29.3 Å². The van der Waals surface area contributed by atoms with E-state index in [9.17, 15) is 9.59 Å². The third kappa shape index (κ3) is 8.51. The fraction of sp³-hybridized carbons (Fsp3) is 0.500. The lowest BCUT2D eigenvalue weighted by molar-refractivity contribution is -0.141. The molecule has 1 N–H and O–H groups in total. The molecular formula is C28H39ClN2O2. The Bertz CT molecular complexity index is 886. The van der Waals surface area contributed by atoms with Gasteiger partial charge in [-0.15, -0.1) is 0 Å². The minimum absolute atomic E-state index is 0.0117. The van der Waals surface area contributed by atoms with E-state index in [4.69, 9.17) is 11.6 Å². The summed E-state index contributed by atoms with van der Waals surface area (Å²) in [5.74, 6) is -0.0925. The van der Waals surface area contributed by atoms with Gasteiger partial charge < -0.3 is 10.2 Å². The maximum Gasteiger partial charge on any atom is 0.242 e. The number of hydrogen-bond acceptors (Lipinski definition) is 2. The molecule has 180 valence electrons. The van der Waals surface area contributed by atoms with Crippen LogP contribution in [0.2, 0.25) is 5.02 Å². The van der Waals surface area contributed by atoms with Gasteiger partial charge in [0.2, 0.25) is 11.8 Å². The highest BCUT2D eigenvalue weighted by Gasteiger charge is 2.28. The Morgan fingerprint density at radius 1 is 0.970 bits per heavy atom. The molecule has 0 unspecified atom stereocenters. The SMILES string of the molecule is CCCCNC(=O)[C@@H](CC)N(Cc1ccc(Cl)cc1)C(=O)CCc1ccc(C(C)(C)C)cc1. The lowest BCUT2D eigenvalue weighted by Gasteiger charge is -2.31. The van der Waals surface area contributed by atoms with E-state index < -0.39 is 6.04 Å². The van der Waals surface area contributed by atoms with Crippen LogP contribution in [0.15, 0.2) is 48.5 Å². The summed E-state index contributed by atoms with van der Waals surface area (Å²) in [6.07, 6.45) is 3.52. The largest absolute Gasteiger partial charge is 0.354 e. The van der Waals surface area contributed by atoms with E-state index in [2.05, 4.69) is 57.3 Å². The van der Waals surface area contributed by atoms with Gasteiger partial charge in [-0.05, 0) is 53.5 Å². The summed E-state index contributed by atoms with van der Waals surface area (Å²) in [6.45, 7) is 11.6. The van der Waals surface area contributed by atoms with Crippen molar-refractivity contribution in [1.82, 2.24) is 10.2 Å². The van der Waals surface area contributed by atoms with Gasteiger partial charge in [-0.2, -0.15) is 0 Å². The molecule has 0 aliphatic carbocycles. The van der Waals surface area contributed by atoms with Gasteiger partial charge in [-0.1, -0.05) is 89.0 Å². The molecule has 1 atom stereocenters. The number of halogens is 1. The highest BCUT2D eigenvalue weighted by Crippen LogP contribution is 2.23. The number of aryl methyl sites for hydroxylation is 1. The summed E-state index contributed by atoms with van der Waals surface area (Å²) in [5.41, 5.74) is 3.46. The third-order valence-electron chi connectivity index (χ3n) is 5.93. The van der Waals surface area contributed by atoms with Crippen molar-refractivity contribution in [2.45, 2.75) is 84.7 Å². The smallest absolute Gasteiger partial charge is 0.242 e. The van der Waals surface area contributed by atoms with Crippen molar-refractivity contribution < 1.29 is 9.59 Å². The number of benzene rings is 2. The average Bonchev–Trinajstić information content (AvgIpc) is 2.78. The van der Waals surface area contributed by atoms with Crippen LogP contribution in [-0.2, 0) is 28.0 Å². The summed E-state index contributed by atoms with van der Waals surface area (Å²) in [7, 11) is 0. The monoisotopic (exact) mass is 470 g/mol. The van der Waals surface area contributed by atoms with Crippen molar-refractivity contribution in [3.05, 3.63) is 70.2 Å². The summed E-state index contributed by atoms with van der Waals surface area (Å²) in [5, 5.41) is 3.66. The number of hydrogen-bond donors (Lipinski definition) is 1. The molecule has 0 aromatic heterocycles. The fourth-order valence-corrected chi connectivity index (χ4v) is 3.90. The van der Waals surface area contributed by atoms with Crippen molar-refractivity contribution in [2.24, 2.45) is 0 Å². The van der Waals surface area contributed by atoms with E-state index in [1.54, 1.807) is 4.90 Å². The van der Waals surface area contributed by atoms with Gasteiger partial charge in [-0.3, -0.25) is 9.59 Å². The van der Waals surface area contributed by atoms with Crippen LogP contribution in [0.4, 0.5) is 0 Å². The number of carbonyl (C=O) groups is 2. The van der Waals surface area contributed by atoms with Gasteiger partial charge >= 0.3 is 0 Å². The first-order valence-corrected chi connectivity index (χ1v) is 12.4. The van der Waals surface area contributed by atoms with Crippen LogP contribution < -0.4 is 5.32 Å². The van der Waals surface area contributed by atoms with Crippen LogP contribution >= 0.6 is 11.6 Å². The third-order valence-corrected chi connectivity index (χ3v) is 6.18. The highest BCUT2D eigenvalue weighted by atomic mass is 35.5. The Hall–Kier alpha value is -2.33. The Morgan fingerprint density at radius 2 is 1.58 bits per heavy atom. The molecule has 0 fully saturated rings. The first kappa shape index (κ1) is 26.9. The molecule has 2 aromatic carbocycles. The van der Waals surface area contributed by atoms with E-state index in [0.29, 0.717) is 37.4 Å². The Morgan fingerprint density at radius 3 is 2.12 bits per heavy atom. The summed E-state index contributed by atoms with van der Waals surface area (Å²) in [6, 6.07) is 15.5. The predicted octanol–water partition coefficient (Wildman–Crippen LogP) is 6.29. The molecule has 4 nitrogen and oxygen atoms in total. The Kier molecular flexibility index (Phi) is 10.4. The molecule has 0 spiro atoms. The van der Waals surface area contributed by atoms with Crippen molar-refractivity contribution in [1.29, 1.82) is 0 Å². The fourth-order valence-electron chi connectivity index (χ4n) is 3.78. The standard InChI is InChI=1S/C28H39ClN2O2/c1-6-8-19-30-27(33)25(7-2)31(20-22-11-16-24(29)17-12-22)26(32)18-13-21-9-14-23(15-10-21)28(3,4)5/h9-12,14-17,25H,6-8,13,18-20H2,1-5H3,(H,30,33)/t25-/m1/s1. The van der Waals surface area contributed by atoms with Crippen molar-refractivity contribution in [3.63, 3.8) is 0 Å². The number of nitrogens with zero attached hydrogens (tertiary/aromatic N) is 1. The topological polar surface area (TPSA) is 49.4 Å². The number of amides is 2. The number of unbranched alkanes of at least 4 members (excludes halogenated alkanes) is 1. The minimum atomic E-state index is -0.492. The van der Waals surface area contributed by atoms with Crippen LogP contribution in [0.25, 0.3) is 0 Å². The van der Waals surface area contributed by atoms with E-state index in [0.717, 1.165) is 24.0 Å². The second kappa shape index (κ2) is 12.8. The van der Waals surface area contributed by atoms with Gasteiger partial charge in [-0.25, -0.2) is 0 Å². The molecule has 2 amide bonds. The first-order chi connectivity index (χ1) is 15.7.